The van der Waals surface area contributed by atoms with Crippen LogP contribution in [0.4, 0.5) is 10.9 Å². The van der Waals surface area contributed by atoms with Crippen LogP contribution in [0, 0.1) is 0 Å². The Morgan fingerprint density at radius 3 is 3.07 bits per heavy atom. The SMILES string of the molecule is Cn1ncc(CNc2ncns2)c1N. The molecule has 0 atom stereocenters. The topological polar surface area (TPSA) is 81.7 Å². The molecule has 0 aliphatic heterocycles. The van der Waals surface area contributed by atoms with E-state index in [1.165, 1.54) is 17.9 Å². The lowest BCUT2D eigenvalue weighted by Crippen LogP contribution is -2.03. The van der Waals surface area contributed by atoms with E-state index in [2.05, 4.69) is 19.8 Å². The van der Waals surface area contributed by atoms with E-state index in [4.69, 9.17) is 5.73 Å². The Balaban J connectivity index is 2.02. The van der Waals surface area contributed by atoms with Crippen LogP contribution in [-0.4, -0.2) is 19.1 Å². The molecule has 0 amide bonds. The number of hydrogen-bond donors (Lipinski definition) is 2. The molecule has 3 N–H and O–H groups in total. The molecular formula is C7H10N6S. The average molecular weight is 210 g/mol. The number of anilines is 2. The lowest BCUT2D eigenvalue weighted by Gasteiger charge is -2.00. The van der Waals surface area contributed by atoms with Gasteiger partial charge in [-0.05, 0) is 0 Å². The van der Waals surface area contributed by atoms with Crippen LogP contribution < -0.4 is 11.1 Å². The normalized spacial score (nSPS) is 10.4. The zero-order chi connectivity index (χ0) is 9.97. The Labute approximate surface area is 84.9 Å². The van der Waals surface area contributed by atoms with Crippen LogP contribution >= 0.6 is 11.5 Å². The second kappa shape index (κ2) is 3.62. The Morgan fingerprint density at radius 2 is 2.50 bits per heavy atom. The molecule has 74 valence electrons. The molecule has 2 heterocycles. The summed E-state index contributed by atoms with van der Waals surface area (Å²) in [6.07, 6.45) is 3.25. The number of nitrogens with zero attached hydrogens (tertiary/aromatic N) is 4. The van der Waals surface area contributed by atoms with Gasteiger partial charge in [-0.1, -0.05) is 0 Å². The molecule has 0 saturated heterocycles. The first-order valence-corrected chi connectivity index (χ1v) is 4.81. The number of rotatable bonds is 3. The fraction of sp³-hybridized carbons (Fsp3) is 0.286. The molecule has 0 aliphatic carbocycles. The minimum Gasteiger partial charge on any atom is -0.384 e. The summed E-state index contributed by atoms with van der Waals surface area (Å²) in [4.78, 5) is 4.00. The van der Waals surface area contributed by atoms with Gasteiger partial charge < -0.3 is 11.1 Å². The summed E-state index contributed by atoms with van der Waals surface area (Å²) in [7, 11) is 1.81. The molecule has 14 heavy (non-hydrogen) atoms. The van der Waals surface area contributed by atoms with Gasteiger partial charge in [-0.3, -0.25) is 4.68 Å². The molecule has 0 saturated carbocycles. The Kier molecular flexibility index (Phi) is 2.32. The second-order valence-electron chi connectivity index (χ2n) is 2.78. The Hall–Kier alpha value is -1.63. The molecule has 0 spiro atoms. The predicted molar refractivity (Wildman–Crippen MR) is 54.9 cm³/mol. The fourth-order valence-corrected chi connectivity index (χ4v) is 1.48. The van der Waals surface area contributed by atoms with Gasteiger partial charge in [-0.2, -0.15) is 9.47 Å². The first-order valence-electron chi connectivity index (χ1n) is 4.04. The van der Waals surface area contributed by atoms with E-state index in [1.807, 2.05) is 7.05 Å². The van der Waals surface area contributed by atoms with E-state index < -0.39 is 0 Å². The Morgan fingerprint density at radius 1 is 1.64 bits per heavy atom. The largest absolute Gasteiger partial charge is 0.384 e. The molecule has 6 nitrogen and oxygen atoms in total. The highest BCUT2D eigenvalue weighted by Gasteiger charge is 2.04. The molecule has 2 aromatic rings. The van der Waals surface area contributed by atoms with Gasteiger partial charge in [0.25, 0.3) is 0 Å². The molecule has 2 aromatic heterocycles. The van der Waals surface area contributed by atoms with Gasteiger partial charge in [0, 0.05) is 30.7 Å². The second-order valence-corrected chi connectivity index (χ2v) is 3.56. The minimum atomic E-state index is 0.620. The number of aromatic nitrogens is 4. The number of hydrogen-bond acceptors (Lipinski definition) is 6. The van der Waals surface area contributed by atoms with Crippen LogP contribution in [0.15, 0.2) is 12.5 Å². The van der Waals surface area contributed by atoms with E-state index in [-0.39, 0.29) is 0 Å². The van der Waals surface area contributed by atoms with E-state index in [0.717, 1.165) is 10.7 Å². The van der Waals surface area contributed by atoms with Crippen LogP contribution in [-0.2, 0) is 13.6 Å². The van der Waals surface area contributed by atoms with Crippen molar-refractivity contribution in [1.82, 2.24) is 19.1 Å². The third-order valence-corrected chi connectivity index (χ3v) is 2.48. The monoisotopic (exact) mass is 210 g/mol. The molecular weight excluding hydrogens is 200 g/mol. The highest BCUT2D eigenvalue weighted by Crippen LogP contribution is 2.13. The van der Waals surface area contributed by atoms with Crippen LogP contribution in [0.25, 0.3) is 0 Å². The highest BCUT2D eigenvalue weighted by molar-refractivity contribution is 7.09. The molecule has 2 rings (SSSR count). The third kappa shape index (κ3) is 1.67. The average Bonchev–Trinajstić information content (AvgIpc) is 2.77. The molecule has 0 radical (unpaired) electrons. The van der Waals surface area contributed by atoms with Gasteiger partial charge >= 0.3 is 0 Å². The van der Waals surface area contributed by atoms with Gasteiger partial charge in [0.2, 0.25) is 5.13 Å². The summed E-state index contributed by atoms with van der Waals surface area (Å²) >= 11 is 1.31. The molecule has 0 aliphatic rings. The summed E-state index contributed by atoms with van der Waals surface area (Å²) in [5, 5.41) is 7.93. The van der Waals surface area contributed by atoms with Crippen molar-refractivity contribution in [3.05, 3.63) is 18.1 Å². The summed E-state index contributed by atoms with van der Waals surface area (Å²) in [5.74, 6) is 0.669. The highest BCUT2D eigenvalue weighted by atomic mass is 32.1. The van der Waals surface area contributed by atoms with E-state index >= 15 is 0 Å². The quantitative estimate of drug-likeness (QED) is 0.769. The smallest absolute Gasteiger partial charge is 0.202 e. The fourth-order valence-electron chi connectivity index (χ4n) is 1.05. The first kappa shape index (κ1) is 8.95. The maximum absolute atomic E-state index is 5.77. The van der Waals surface area contributed by atoms with Crippen molar-refractivity contribution in [2.75, 3.05) is 11.1 Å². The molecule has 0 fully saturated rings. The number of aryl methyl sites for hydroxylation is 1. The molecule has 0 bridgehead atoms. The lowest BCUT2D eigenvalue weighted by atomic mass is 10.3. The summed E-state index contributed by atoms with van der Waals surface area (Å²) in [5.41, 5.74) is 6.73. The van der Waals surface area contributed by atoms with Gasteiger partial charge in [-0.25, -0.2) is 4.98 Å². The van der Waals surface area contributed by atoms with Crippen molar-refractivity contribution in [1.29, 1.82) is 0 Å². The summed E-state index contributed by atoms with van der Waals surface area (Å²) in [6, 6.07) is 0. The van der Waals surface area contributed by atoms with Gasteiger partial charge in [0.15, 0.2) is 0 Å². The van der Waals surface area contributed by atoms with Gasteiger partial charge in [-0.15, -0.1) is 0 Å². The van der Waals surface area contributed by atoms with Gasteiger partial charge in [0.1, 0.15) is 12.1 Å². The number of nitrogens with one attached hydrogen (secondary N) is 1. The van der Waals surface area contributed by atoms with Crippen LogP contribution in [0.5, 0.6) is 0 Å². The van der Waals surface area contributed by atoms with Crippen LogP contribution in [0.2, 0.25) is 0 Å². The predicted octanol–water partition coefficient (Wildman–Crippen LogP) is 0.466. The van der Waals surface area contributed by atoms with Crippen LogP contribution in [0.3, 0.4) is 0 Å². The van der Waals surface area contributed by atoms with Crippen molar-refractivity contribution >= 4 is 22.5 Å². The zero-order valence-electron chi connectivity index (χ0n) is 7.64. The lowest BCUT2D eigenvalue weighted by molar-refractivity contribution is 0.778. The van der Waals surface area contributed by atoms with Gasteiger partial charge in [0.05, 0.1) is 6.20 Å². The van der Waals surface area contributed by atoms with E-state index in [0.29, 0.717) is 12.4 Å². The molecule has 0 aromatic carbocycles. The summed E-state index contributed by atoms with van der Waals surface area (Å²) in [6.45, 7) is 0.620. The van der Waals surface area contributed by atoms with Crippen molar-refractivity contribution in [2.24, 2.45) is 7.05 Å². The van der Waals surface area contributed by atoms with Crippen LogP contribution in [0.1, 0.15) is 5.56 Å². The van der Waals surface area contributed by atoms with E-state index in [1.54, 1.807) is 10.9 Å². The van der Waals surface area contributed by atoms with E-state index in [9.17, 15) is 0 Å². The molecule has 0 unspecified atom stereocenters. The number of nitrogen functional groups attached to an aromatic ring is 1. The Bertz CT molecular complexity index is 406. The zero-order valence-corrected chi connectivity index (χ0v) is 8.45. The van der Waals surface area contributed by atoms with Crippen molar-refractivity contribution < 1.29 is 0 Å². The minimum absolute atomic E-state index is 0.620. The standard InChI is InChI=1S/C7H10N6S/c1-13-6(8)5(3-11-13)2-9-7-10-4-12-14-7/h3-4H,2,8H2,1H3,(H,9,10,12). The summed E-state index contributed by atoms with van der Waals surface area (Å²) < 4.78 is 5.51. The van der Waals surface area contributed by atoms with Crippen molar-refractivity contribution in [3.8, 4) is 0 Å². The maximum atomic E-state index is 5.77. The number of nitrogens with two attached hydrogens (primary N) is 1. The van der Waals surface area contributed by atoms with Crippen molar-refractivity contribution in [2.45, 2.75) is 6.54 Å². The third-order valence-electron chi connectivity index (χ3n) is 1.86. The first-order chi connectivity index (χ1) is 6.77. The molecule has 7 heteroatoms. The van der Waals surface area contributed by atoms with Crippen molar-refractivity contribution in [3.63, 3.8) is 0 Å². The maximum Gasteiger partial charge on any atom is 0.202 e.